The number of nitrogens with one attached hydrogen (secondary N) is 2. The normalized spacial score (nSPS) is 11.1. The molecule has 0 saturated carbocycles. The zero-order valence-electron chi connectivity index (χ0n) is 18.8. The number of rotatable bonds is 4. The number of pyridine rings is 1. The van der Waals surface area contributed by atoms with Crippen molar-refractivity contribution in [3.05, 3.63) is 99.1 Å². The molecular weight excluding hydrogens is 446 g/mol. The SMILES string of the molecule is CCn1nc(C(=O)NNC(=O)Cn2c3ccccc3c(=O)c3ccccc32)c2ccccc2c1=O. The number of fused-ring (bicyclic) bond motifs is 3. The smallest absolute Gasteiger partial charge is 0.290 e. The van der Waals surface area contributed by atoms with Crippen molar-refractivity contribution in [3.8, 4) is 0 Å². The van der Waals surface area contributed by atoms with Crippen molar-refractivity contribution in [2.24, 2.45) is 0 Å². The minimum Gasteiger partial charge on any atom is -0.331 e. The number of aromatic nitrogens is 3. The first-order valence-corrected chi connectivity index (χ1v) is 11.1. The molecule has 174 valence electrons. The number of benzene rings is 3. The molecule has 2 aromatic heterocycles. The van der Waals surface area contributed by atoms with Crippen LogP contribution in [0.2, 0.25) is 0 Å². The number of carbonyl (C=O) groups is 2. The van der Waals surface area contributed by atoms with Gasteiger partial charge in [-0.05, 0) is 37.3 Å². The molecule has 0 spiro atoms. The van der Waals surface area contributed by atoms with Gasteiger partial charge in [-0.15, -0.1) is 0 Å². The van der Waals surface area contributed by atoms with E-state index in [0.29, 0.717) is 39.1 Å². The van der Waals surface area contributed by atoms with Gasteiger partial charge < -0.3 is 4.57 Å². The monoisotopic (exact) mass is 467 g/mol. The van der Waals surface area contributed by atoms with Crippen LogP contribution in [-0.2, 0) is 17.9 Å². The average molecular weight is 467 g/mol. The summed E-state index contributed by atoms with van der Waals surface area (Å²) in [4.78, 5) is 51.2. The number of aryl methyl sites for hydroxylation is 1. The lowest BCUT2D eigenvalue weighted by Gasteiger charge is -2.15. The predicted molar refractivity (Wildman–Crippen MR) is 133 cm³/mol. The number of hydrogen-bond acceptors (Lipinski definition) is 5. The molecule has 0 radical (unpaired) electrons. The van der Waals surface area contributed by atoms with Gasteiger partial charge in [0.25, 0.3) is 17.4 Å². The van der Waals surface area contributed by atoms with Crippen molar-refractivity contribution in [3.63, 3.8) is 0 Å². The Morgan fingerprint density at radius 2 is 1.31 bits per heavy atom. The molecule has 2 N–H and O–H groups in total. The fourth-order valence-electron chi connectivity index (χ4n) is 4.23. The molecule has 0 unspecified atom stereocenters. The van der Waals surface area contributed by atoms with E-state index in [4.69, 9.17) is 0 Å². The van der Waals surface area contributed by atoms with E-state index in [2.05, 4.69) is 16.0 Å². The van der Waals surface area contributed by atoms with Crippen LogP contribution in [0.15, 0.2) is 82.4 Å². The molecule has 35 heavy (non-hydrogen) atoms. The van der Waals surface area contributed by atoms with Gasteiger partial charge in [-0.2, -0.15) is 5.10 Å². The zero-order valence-corrected chi connectivity index (χ0v) is 18.8. The summed E-state index contributed by atoms with van der Waals surface area (Å²) in [5, 5.41) is 5.94. The van der Waals surface area contributed by atoms with Crippen molar-refractivity contribution in [2.75, 3.05) is 0 Å². The quantitative estimate of drug-likeness (QED) is 0.311. The Balaban J connectivity index is 1.44. The lowest BCUT2D eigenvalue weighted by atomic mass is 10.1. The molecule has 0 saturated heterocycles. The third-order valence-electron chi connectivity index (χ3n) is 5.88. The molecule has 0 aliphatic carbocycles. The molecule has 2 amide bonds. The van der Waals surface area contributed by atoms with E-state index >= 15 is 0 Å². The highest BCUT2D eigenvalue weighted by Crippen LogP contribution is 2.19. The number of nitrogens with zero attached hydrogens (tertiary/aromatic N) is 3. The van der Waals surface area contributed by atoms with Gasteiger partial charge in [0.2, 0.25) is 0 Å². The van der Waals surface area contributed by atoms with Gasteiger partial charge in [0.05, 0.1) is 16.4 Å². The Hall–Kier alpha value is -4.79. The molecule has 9 heteroatoms. The summed E-state index contributed by atoms with van der Waals surface area (Å²) in [6.07, 6.45) is 0. The number of hydrazine groups is 1. The summed E-state index contributed by atoms with van der Waals surface area (Å²) in [5.41, 5.74) is 5.68. The number of hydrogen-bond donors (Lipinski definition) is 2. The second-order valence-electron chi connectivity index (χ2n) is 7.97. The molecule has 3 aromatic carbocycles. The van der Waals surface area contributed by atoms with Crippen molar-refractivity contribution < 1.29 is 9.59 Å². The van der Waals surface area contributed by atoms with E-state index in [-0.39, 0.29) is 23.2 Å². The van der Waals surface area contributed by atoms with Crippen LogP contribution >= 0.6 is 0 Å². The maximum absolute atomic E-state index is 12.9. The largest absolute Gasteiger partial charge is 0.331 e. The van der Waals surface area contributed by atoms with E-state index in [9.17, 15) is 19.2 Å². The first-order valence-electron chi connectivity index (χ1n) is 11.1. The van der Waals surface area contributed by atoms with Crippen LogP contribution in [0.5, 0.6) is 0 Å². The molecule has 5 aromatic rings. The molecule has 0 bridgehead atoms. The minimum atomic E-state index is -0.647. The molecule has 0 atom stereocenters. The van der Waals surface area contributed by atoms with E-state index < -0.39 is 11.8 Å². The summed E-state index contributed by atoms with van der Waals surface area (Å²) < 4.78 is 2.94. The Kier molecular flexibility index (Phi) is 5.58. The predicted octanol–water partition coefficient (Wildman–Crippen LogP) is 2.35. The van der Waals surface area contributed by atoms with Gasteiger partial charge in [0.1, 0.15) is 6.54 Å². The first-order chi connectivity index (χ1) is 17.0. The molecule has 0 aliphatic rings. The van der Waals surface area contributed by atoms with Gasteiger partial charge in [0.15, 0.2) is 11.1 Å². The maximum atomic E-state index is 12.9. The van der Waals surface area contributed by atoms with Gasteiger partial charge >= 0.3 is 0 Å². The molecule has 2 heterocycles. The van der Waals surface area contributed by atoms with Crippen LogP contribution in [0.1, 0.15) is 17.4 Å². The Morgan fingerprint density at radius 1 is 0.771 bits per heavy atom. The van der Waals surface area contributed by atoms with E-state index in [1.807, 2.05) is 0 Å². The van der Waals surface area contributed by atoms with Gasteiger partial charge in [0, 0.05) is 22.7 Å². The summed E-state index contributed by atoms with van der Waals surface area (Å²) in [6.45, 7) is 1.92. The number of para-hydroxylation sites is 2. The first kappa shape index (κ1) is 22.0. The number of amides is 2. The van der Waals surface area contributed by atoms with E-state index in [0.717, 1.165) is 0 Å². The van der Waals surface area contributed by atoms with Crippen molar-refractivity contribution in [1.82, 2.24) is 25.2 Å². The van der Waals surface area contributed by atoms with Crippen LogP contribution in [0.25, 0.3) is 32.6 Å². The third-order valence-corrected chi connectivity index (χ3v) is 5.88. The molecule has 0 fully saturated rings. The van der Waals surface area contributed by atoms with Gasteiger partial charge in [-0.3, -0.25) is 30.0 Å². The van der Waals surface area contributed by atoms with Crippen LogP contribution < -0.4 is 21.8 Å². The fraction of sp³-hybridized carbons (Fsp3) is 0.115. The van der Waals surface area contributed by atoms with Crippen molar-refractivity contribution >= 4 is 44.4 Å². The van der Waals surface area contributed by atoms with Crippen LogP contribution in [0.4, 0.5) is 0 Å². The van der Waals surface area contributed by atoms with Crippen LogP contribution in [0.3, 0.4) is 0 Å². The second-order valence-corrected chi connectivity index (χ2v) is 7.97. The average Bonchev–Trinajstić information content (AvgIpc) is 2.90. The molecular formula is C26H21N5O4. The summed E-state index contributed by atoms with van der Waals surface area (Å²) in [6, 6.07) is 20.8. The highest BCUT2D eigenvalue weighted by atomic mass is 16.2. The van der Waals surface area contributed by atoms with Crippen LogP contribution in [-0.4, -0.2) is 26.2 Å². The molecule has 0 aliphatic heterocycles. The highest BCUT2D eigenvalue weighted by molar-refractivity contribution is 6.05. The summed E-state index contributed by atoms with van der Waals surface area (Å²) in [5.74, 6) is -1.14. The second kappa shape index (κ2) is 8.86. The summed E-state index contributed by atoms with van der Waals surface area (Å²) in [7, 11) is 0. The topological polar surface area (TPSA) is 115 Å². The summed E-state index contributed by atoms with van der Waals surface area (Å²) >= 11 is 0. The minimum absolute atomic E-state index is 0.0293. The molecule has 9 nitrogen and oxygen atoms in total. The lowest BCUT2D eigenvalue weighted by Crippen LogP contribution is -2.44. The van der Waals surface area contributed by atoms with Crippen LogP contribution in [0, 0.1) is 0 Å². The van der Waals surface area contributed by atoms with E-state index in [1.165, 1.54) is 4.68 Å². The molecule has 5 rings (SSSR count). The lowest BCUT2D eigenvalue weighted by molar-refractivity contribution is -0.122. The standard InChI is InChI=1S/C26H21N5O4/c1-2-31-26(35)17-10-4-3-9-16(17)23(29-31)25(34)28-27-22(32)15-30-20-13-7-5-11-18(20)24(33)19-12-6-8-14-21(19)30/h3-14H,2,15H2,1H3,(H,27,32)(H,28,34). The fourth-order valence-corrected chi connectivity index (χ4v) is 4.23. The van der Waals surface area contributed by atoms with Gasteiger partial charge in [-0.1, -0.05) is 42.5 Å². The zero-order chi connectivity index (χ0) is 24.5. The number of carbonyl (C=O) groups excluding carboxylic acids is 2. The highest BCUT2D eigenvalue weighted by Gasteiger charge is 2.18. The van der Waals surface area contributed by atoms with Crippen molar-refractivity contribution in [1.29, 1.82) is 0 Å². The Labute approximate surface area is 198 Å². The Morgan fingerprint density at radius 3 is 1.91 bits per heavy atom. The maximum Gasteiger partial charge on any atom is 0.290 e. The van der Waals surface area contributed by atoms with Gasteiger partial charge in [-0.25, -0.2) is 4.68 Å². The van der Waals surface area contributed by atoms with E-state index in [1.54, 1.807) is 84.3 Å². The van der Waals surface area contributed by atoms with Crippen molar-refractivity contribution in [2.45, 2.75) is 20.0 Å². The Bertz CT molecular complexity index is 1690. The third kappa shape index (κ3) is 3.82.